The predicted molar refractivity (Wildman–Crippen MR) is 60.7 cm³/mol. The molecule has 4 heteroatoms. The van der Waals surface area contributed by atoms with Crippen LogP contribution in [0.2, 0.25) is 0 Å². The summed E-state index contributed by atoms with van der Waals surface area (Å²) in [5, 5.41) is 0. The average Bonchev–Trinajstić information content (AvgIpc) is 2.32. The lowest BCUT2D eigenvalue weighted by Crippen LogP contribution is -2.35. The first-order valence-corrected chi connectivity index (χ1v) is 5.83. The molecule has 1 saturated heterocycles. The molecule has 0 aliphatic carbocycles. The Bertz CT molecular complexity index is 410. The molecule has 0 saturated carbocycles. The van der Waals surface area contributed by atoms with E-state index in [-0.39, 0.29) is 11.6 Å². The lowest BCUT2D eigenvalue weighted by Gasteiger charge is -2.25. The van der Waals surface area contributed by atoms with Gasteiger partial charge in [-0.1, -0.05) is 0 Å². The minimum absolute atomic E-state index is 0.290. The molecule has 1 fully saturated rings. The highest BCUT2D eigenvalue weighted by Crippen LogP contribution is 2.12. The van der Waals surface area contributed by atoms with Gasteiger partial charge in [-0.25, -0.2) is 8.78 Å². The quantitative estimate of drug-likeness (QED) is 0.805. The van der Waals surface area contributed by atoms with Crippen molar-refractivity contribution in [1.82, 2.24) is 4.90 Å². The molecule has 0 spiro atoms. The Morgan fingerprint density at radius 3 is 2.59 bits per heavy atom. The van der Waals surface area contributed by atoms with Crippen molar-refractivity contribution in [3.8, 4) is 0 Å². The number of rotatable bonds is 3. The van der Waals surface area contributed by atoms with Crippen molar-refractivity contribution in [1.29, 1.82) is 0 Å². The van der Waals surface area contributed by atoms with E-state index in [4.69, 9.17) is 0 Å². The summed E-state index contributed by atoms with van der Waals surface area (Å²) >= 11 is 0. The predicted octanol–water partition coefficient (Wildman–Crippen LogP) is 2.17. The molecule has 17 heavy (non-hydrogen) atoms. The monoisotopic (exact) mass is 239 g/mol. The van der Waals surface area contributed by atoms with E-state index in [2.05, 4.69) is 4.90 Å². The molecule has 0 atom stereocenters. The fourth-order valence-electron chi connectivity index (χ4n) is 2.04. The number of Topliss-reactive ketones (excluding diaryl/α,β-unsaturated/α-hetero) is 1. The number of carbonyl (C=O) groups excluding carboxylic acids is 1. The Balaban J connectivity index is 1.89. The lowest BCUT2D eigenvalue weighted by molar-refractivity contribution is -0.121. The van der Waals surface area contributed by atoms with E-state index >= 15 is 0 Å². The maximum absolute atomic E-state index is 13.3. The Morgan fingerprint density at radius 1 is 1.18 bits per heavy atom. The highest BCUT2D eigenvalue weighted by Gasteiger charge is 2.16. The molecule has 92 valence electrons. The minimum atomic E-state index is -0.407. The summed E-state index contributed by atoms with van der Waals surface area (Å²) in [4.78, 5) is 13.2. The Hall–Kier alpha value is -1.29. The molecule has 0 radical (unpaired) electrons. The number of hydrogen-bond acceptors (Lipinski definition) is 2. The number of likely N-dealkylation sites (tertiary alicyclic amines) is 1. The highest BCUT2D eigenvalue weighted by atomic mass is 19.1. The second-order valence-electron chi connectivity index (χ2n) is 4.37. The third kappa shape index (κ3) is 3.33. The third-order valence-corrected chi connectivity index (χ3v) is 3.12. The van der Waals surface area contributed by atoms with Gasteiger partial charge in [-0.3, -0.25) is 4.79 Å². The van der Waals surface area contributed by atoms with Crippen LogP contribution in [0.3, 0.4) is 0 Å². The zero-order valence-electron chi connectivity index (χ0n) is 9.59. The Kier molecular flexibility index (Phi) is 3.84. The van der Waals surface area contributed by atoms with Crippen LogP contribution in [0.4, 0.5) is 8.78 Å². The number of piperidine rings is 1. The second-order valence-corrected chi connectivity index (χ2v) is 4.37. The number of hydrogen-bond donors (Lipinski definition) is 0. The van der Waals surface area contributed by atoms with Gasteiger partial charge in [0.2, 0.25) is 0 Å². The largest absolute Gasteiger partial charge is 0.302 e. The number of ketones is 1. The van der Waals surface area contributed by atoms with Gasteiger partial charge in [0.1, 0.15) is 17.4 Å². The molecular weight excluding hydrogens is 224 g/mol. The fourth-order valence-corrected chi connectivity index (χ4v) is 2.04. The number of benzene rings is 1. The van der Waals surface area contributed by atoms with Crippen molar-refractivity contribution in [2.45, 2.75) is 19.3 Å². The maximum atomic E-state index is 13.3. The molecule has 0 unspecified atom stereocenters. The molecule has 0 N–H and O–H groups in total. The molecule has 0 aromatic heterocycles. The van der Waals surface area contributed by atoms with E-state index in [0.29, 0.717) is 31.4 Å². The van der Waals surface area contributed by atoms with Crippen LogP contribution in [0.15, 0.2) is 18.2 Å². The van der Waals surface area contributed by atoms with Crippen LogP contribution in [0.5, 0.6) is 0 Å². The Morgan fingerprint density at radius 2 is 1.88 bits per heavy atom. The van der Waals surface area contributed by atoms with Gasteiger partial charge in [-0.05, 0) is 30.2 Å². The molecule has 1 aliphatic heterocycles. The van der Waals surface area contributed by atoms with Crippen molar-refractivity contribution in [2.75, 3.05) is 19.6 Å². The Labute approximate surface area is 99.2 Å². The SMILES string of the molecule is O=C1CCN(CCc2cc(F)ccc2F)CC1. The summed E-state index contributed by atoms with van der Waals surface area (Å²) in [5.74, 6) is -0.479. The van der Waals surface area contributed by atoms with Gasteiger partial charge >= 0.3 is 0 Å². The van der Waals surface area contributed by atoms with Crippen LogP contribution in [0.25, 0.3) is 0 Å². The minimum Gasteiger partial charge on any atom is -0.302 e. The summed E-state index contributed by atoms with van der Waals surface area (Å²) in [7, 11) is 0. The molecule has 1 aromatic rings. The van der Waals surface area contributed by atoms with Gasteiger partial charge in [0.05, 0.1) is 0 Å². The second kappa shape index (κ2) is 5.36. The van der Waals surface area contributed by atoms with Crippen LogP contribution in [0, 0.1) is 11.6 Å². The molecule has 1 aliphatic rings. The number of halogens is 2. The summed E-state index contributed by atoms with van der Waals surface area (Å²) in [6.45, 7) is 2.14. The van der Waals surface area contributed by atoms with Gasteiger partial charge in [0.15, 0.2) is 0 Å². The van der Waals surface area contributed by atoms with Gasteiger partial charge in [-0.15, -0.1) is 0 Å². The molecule has 0 bridgehead atoms. The molecular formula is C13H15F2NO. The summed E-state index contributed by atoms with van der Waals surface area (Å²) in [5.41, 5.74) is 0.405. The van der Waals surface area contributed by atoms with Crippen LogP contribution < -0.4 is 0 Å². The van der Waals surface area contributed by atoms with Crippen molar-refractivity contribution >= 4 is 5.78 Å². The smallest absolute Gasteiger partial charge is 0.135 e. The number of carbonyl (C=O) groups is 1. The van der Waals surface area contributed by atoms with E-state index < -0.39 is 5.82 Å². The lowest BCUT2D eigenvalue weighted by atomic mass is 10.1. The first-order chi connectivity index (χ1) is 8.15. The van der Waals surface area contributed by atoms with E-state index in [1.807, 2.05) is 0 Å². The molecule has 1 heterocycles. The van der Waals surface area contributed by atoms with Crippen molar-refractivity contribution < 1.29 is 13.6 Å². The van der Waals surface area contributed by atoms with Gasteiger partial charge < -0.3 is 4.90 Å². The van der Waals surface area contributed by atoms with E-state index in [1.165, 1.54) is 6.07 Å². The van der Waals surface area contributed by atoms with Crippen LogP contribution in [0.1, 0.15) is 18.4 Å². The van der Waals surface area contributed by atoms with Gasteiger partial charge in [-0.2, -0.15) is 0 Å². The first kappa shape index (κ1) is 12.2. The van der Waals surface area contributed by atoms with Crippen molar-refractivity contribution in [2.24, 2.45) is 0 Å². The topological polar surface area (TPSA) is 20.3 Å². The zero-order chi connectivity index (χ0) is 12.3. The number of nitrogens with zero attached hydrogens (tertiary/aromatic N) is 1. The molecule has 2 rings (SSSR count). The summed E-state index contributed by atoms with van der Waals surface area (Å²) in [6.07, 6.45) is 1.63. The van der Waals surface area contributed by atoms with Gasteiger partial charge in [0, 0.05) is 32.5 Å². The van der Waals surface area contributed by atoms with Crippen LogP contribution in [-0.2, 0) is 11.2 Å². The fraction of sp³-hybridized carbons (Fsp3) is 0.462. The maximum Gasteiger partial charge on any atom is 0.135 e. The van der Waals surface area contributed by atoms with Crippen LogP contribution >= 0.6 is 0 Å². The third-order valence-electron chi connectivity index (χ3n) is 3.12. The highest BCUT2D eigenvalue weighted by molar-refractivity contribution is 5.79. The van der Waals surface area contributed by atoms with E-state index in [1.54, 1.807) is 0 Å². The van der Waals surface area contributed by atoms with Crippen molar-refractivity contribution in [3.05, 3.63) is 35.4 Å². The van der Waals surface area contributed by atoms with Gasteiger partial charge in [0.25, 0.3) is 0 Å². The van der Waals surface area contributed by atoms with Crippen molar-refractivity contribution in [3.63, 3.8) is 0 Å². The standard InChI is InChI=1S/C13H15F2NO/c14-11-1-2-13(15)10(9-11)3-6-16-7-4-12(17)5-8-16/h1-2,9H,3-8H2. The first-order valence-electron chi connectivity index (χ1n) is 5.83. The summed E-state index contributed by atoms with van der Waals surface area (Å²) < 4.78 is 26.3. The molecule has 2 nitrogen and oxygen atoms in total. The zero-order valence-corrected chi connectivity index (χ0v) is 9.59. The average molecular weight is 239 g/mol. The molecule has 1 aromatic carbocycles. The van der Waals surface area contributed by atoms with E-state index in [0.717, 1.165) is 25.2 Å². The van der Waals surface area contributed by atoms with E-state index in [9.17, 15) is 13.6 Å². The summed E-state index contributed by atoms with van der Waals surface area (Å²) in [6, 6.07) is 3.52. The normalized spacial score (nSPS) is 17.4. The van der Waals surface area contributed by atoms with Crippen LogP contribution in [-0.4, -0.2) is 30.3 Å². The molecule has 0 amide bonds.